The van der Waals surface area contributed by atoms with Crippen LogP contribution in [0, 0.1) is 6.92 Å². The lowest BCUT2D eigenvalue weighted by Crippen LogP contribution is -2.12. The fourth-order valence-corrected chi connectivity index (χ4v) is 2.57. The number of aryl methyl sites for hydroxylation is 2. The normalized spacial score (nSPS) is 10.3. The van der Waals surface area contributed by atoms with Crippen LogP contribution in [0.4, 0.5) is 11.4 Å². The van der Waals surface area contributed by atoms with Gasteiger partial charge in [-0.3, -0.25) is 4.79 Å². The summed E-state index contributed by atoms with van der Waals surface area (Å²) in [6.45, 7) is 4.17. The van der Waals surface area contributed by atoms with E-state index in [-0.39, 0.29) is 5.91 Å². The van der Waals surface area contributed by atoms with Gasteiger partial charge in [0.25, 0.3) is 5.91 Å². The molecule has 18 heavy (non-hydrogen) atoms. The molecule has 0 radical (unpaired) electrons. The molecule has 2 aromatic rings. The molecule has 1 amide bonds. The molecule has 2 rings (SSSR count). The summed E-state index contributed by atoms with van der Waals surface area (Å²) in [5.74, 6) is -0.147. The number of carbonyl (C=O) groups excluding carboxylic acids is 1. The minimum absolute atomic E-state index is 0.147. The van der Waals surface area contributed by atoms with Gasteiger partial charge in [0.15, 0.2) is 0 Å². The van der Waals surface area contributed by atoms with E-state index in [9.17, 15) is 4.79 Å². The molecule has 1 heterocycles. The molecule has 1 aromatic carbocycles. The Hall–Kier alpha value is -1.81. The molecule has 3 N–H and O–H groups in total. The lowest BCUT2D eigenvalue weighted by atomic mass is 10.1. The topological polar surface area (TPSA) is 55.1 Å². The molecular weight excluding hydrogens is 244 g/mol. The van der Waals surface area contributed by atoms with Crippen molar-refractivity contribution in [3.63, 3.8) is 0 Å². The van der Waals surface area contributed by atoms with Crippen molar-refractivity contribution in [2.24, 2.45) is 0 Å². The average molecular weight is 260 g/mol. The minimum atomic E-state index is -0.147. The van der Waals surface area contributed by atoms with E-state index < -0.39 is 0 Å². The molecule has 1 aromatic heterocycles. The highest BCUT2D eigenvalue weighted by atomic mass is 32.1. The highest BCUT2D eigenvalue weighted by molar-refractivity contribution is 7.12. The molecule has 0 saturated heterocycles. The van der Waals surface area contributed by atoms with Gasteiger partial charge < -0.3 is 11.1 Å². The summed E-state index contributed by atoms with van der Waals surface area (Å²) in [5.41, 5.74) is 9.54. The second-order valence-electron chi connectivity index (χ2n) is 4.15. The van der Waals surface area contributed by atoms with E-state index >= 15 is 0 Å². The van der Waals surface area contributed by atoms with Gasteiger partial charge in [-0.15, -0.1) is 11.3 Å². The number of nitrogens with one attached hydrogen (secondary N) is 1. The van der Waals surface area contributed by atoms with Crippen molar-refractivity contribution in [2.45, 2.75) is 20.3 Å². The predicted octanol–water partition coefficient (Wildman–Crippen LogP) is 3.45. The summed E-state index contributed by atoms with van der Waals surface area (Å²) >= 11 is 1.35. The van der Waals surface area contributed by atoms with Gasteiger partial charge in [-0.2, -0.15) is 0 Å². The molecule has 0 fully saturated rings. The fraction of sp³-hybridized carbons (Fsp3) is 0.214. The number of nitrogen functional groups attached to an aromatic ring is 1. The van der Waals surface area contributed by atoms with Gasteiger partial charge in [-0.05, 0) is 48.1 Å². The minimum Gasteiger partial charge on any atom is -0.397 e. The van der Waals surface area contributed by atoms with Crippen molar-refractivity contribution in [1.29, 1.82) is 0 Å². The average Bonchev–Trinajstić information content (AvgIpc) is 2.76. The van der Waals surface area contributed by atoms with Gasteiger partial charge in [0, 0.05) is 5.69 Å². The summed E-state index contributed by atoms with van der Waals surface area (Å²) in [5, 5.41) is 4.68. The fourth-order valence-electron chi connectivity index (χ4n) is 1.86. The Morgan fingerprint density at radius 2 is 2.17 bits per heavy atom. The second kappa shape index (κ2) is 5.23. The van der Waals surface area contributed by atoms with Crippen LogP contribution in [0.5, 0.6) is 0 Å². The van der Waals surface area contributed by atoms with Crippen LogP contribution in [0.3, 0.4) is 0 Å². The Labute approximate surface area is 111 Å². The number of benzene rings is 1. The Bertz CT molecular complexity index is 575. The van der Waals surface area contributed by atoms with Gasteiger partial charge in [0.1, 0.15) is 4.88 Å². The molecular formula is C14H16N2OS. The summed E-state index contributed by atoms with van der Waals surface area (Å²) in [6, 6.07) is 7.70. The number of amides is 1. The Balaban J connectivity index is 2.17. The molecule has 0 aliphatic heterocycles. The van der Waals surface area contributed by atoms with Crippen LogP contribution >= 0.6 is 11.3 Å². The van der Waals surface area contributed by atoms with Crippen molar-refractivity contribution < 1.29 is 4.79 Å². The maximum absolute atomic E-state index is 12.0. The third-order valence-electron chi connectivity index (χ3n) is 2.88. The van der Waals surface area contributed by atoms with Gasteiger partial charge in [0.05, 0.1) is 5.69 Å². The lowest BCUT2D eigenvalue weighted by Gasteiger charge is -2.08. The molecule has 0 atom stereocenters. The van der Waals surface area contributed by atoms with Crippen molar-refractivity contribution in [3.05, 3.63) is 45.6 Å². The van der Waals surface area contributed by atoms with E-state index in [0.717, 1.165) is 12.1 Å². The third kappa shape index (κ3) is 2.54. The molecule has 94 valence electrons. The van der Waals surface area contributed by atoms with Gasteiger partial charge >= 0.3 is 0 Å². The van der Waals surface area contributed by atoms with Crippen LogP contribution < -0.4 is 11.1 Å². The largest absolute Gasteiger partial charge is 0.397 e. The van der Waals surface area contributed by atoms with Crippen molar-refractivity contribution in [3.8, 4) is 0 Å². The first-order chi connectivity index (χ1) is 8.61. The van der Waals surface area contributed by atoms with E-state index in [0.29, 0.717) is 10.6 Å². The first-order valence-corrected chi connectivity index (χ1v) is 6.73. The van der Waals surface area contributed by atoms with Crippen LogP contribution in [0.1, 0.15) is 27.7 Å². The number of thiophene rings is 1. The van der Waals surface area contributed by atoms with Crippen LogP contribution in [-0.4, -0.2) is 5.91 Å². The zero-order chi connectivity index (χ0) is 13.1. The molecule has 0 aliphatic rings. The summed E-state index contributed by atoms with van der Waals surface area (Å²) in [6.07, 6.45) is 0.998. The van der Waals surface area contributed by atoms with Gasteiger partial charge in [0.2, 0.25) is 0 Å². The predicted molar refractivity (Wildman–Crippen MR) is 77.2 cm³/mol. The molecule has 3 nitrogen and oxygen atoms in total. The van der Waals surface area contributed by atoms with Crippen molar-refractivity contribution >= 4 is 28.6 Å². The SMILES string of the molecule is CCc1ccc(NC(=O)c2sccc2N)cc1C. The molecule has 0 aliphatic carbocycles. The van der Waals surface area contributed by atoms with Gasteiger partial charge in [-0.25, -0.2) is 0 Å². The van der Waals surface area contributed by atoms with E-state index in [2.05, 4.69) is 12.2 Å². The molecule has 0 unspecified atom stereocenters. The van der Waals surface area contributed by atoms with Crippen molar-refractivity contribution in [1.82, 2.24) is 0 Å². The van der Waals surface area contributed by atoms with Crippen LogP contribution in [-0.2, 0) is 6.42 Å². The third-order valence-corrected chi connectivity index (χ3v) is 3.81. The molecule has 0 spiro atoms. The molecule has 4 heteroatoms. The quantitative estimate of drug-likeness (QED) is 0.888. The Morgan fingerprint density at radius 3 is 2.72 bits per heavy atom. The smallest absolute Gasteiger partial charge is 0.267 e. The van der Waals surface area contributed by atoms with Crippen LogP contribution in [0.15, 0.2) is 29.6 Å². The maximum Gasteiger partial charge on any atom is 0.267 e. The van der Waals surface area contributed by atoms with E-state index in [1.807, 2.05) is 30.5 Å². The zero-order valence-electron chi connectivity index (χ0n) is 10.5. The summed E-state index contributed by atoms with van der Waals surface area (Å²) in [4.78, 5) is 12.5. The number of rotatable bonds is 3. The standard InChI is InChI=1S/C14H16N2OS/c1-3-10-4-5-11(8-9(10)2)16-14(17)13-12(15)6-7-18-13/h4-8H,3,15H2,1-2H3,(H,16,17). The Kier molecular flexibility index (Phi) is 3.67. The van der Waals surface area contributed by atoms with E-state index in [1.54, 1.807) is 6.07 Å². The number of nitrogens with two attached hydrogens (primary N) is 1. The molecule has 0 saturated carbocycles. The number of anilines is 2. The first-order valence-electron chi connectivity index (χ1n) is 5.85. The van der Waals surface area contributed by atoms with Crippen LogP contribution in [0.2, 0.25) is 0 Å². The molecule has 0 bridgehead atoms. The summed E-state index contributed by atoms with van der Waals surface area (Å²) in [7, 11) is 0. The number of carbonyl (C=O) groups is 1. The zero-order valence-corrected chi connectivity index (χ0v) is 11.3. The summed E-state index contributed by atoms with van der Waals surface area (Å²) < 4.78 is 0. The van der Waals surface area contributed by atoms with Crippen molar-refractivity contribution in [2.75, 3.05) is 11.1 Å². The first kappa shape index (κ1) is 12.6. The highest BCUT2D eigenvalue weighted by Crippen LogP contribution is 2.21. The van der Waals surface area contributed by atoms with Crippen LogP contribution in [0.25, 0.3) is 0 Å². The van der Waals surface area contributed by atoms with E-state index in [1.165, 1.54) is 22.5 Å². The number of hydrogen-bond donors (Lipinski definition) is 2. The number of hydrogen-bond acceptors (Lipinski definition) is 3. The Morgan fingerprint density at radius 1 is 1.39 bits per heavy atom. The van der Waals surface area contributed by atoms with Gasteiger partial charge in [-0.1, -0.05) is 13.0 Å². The lowest BCUT2D eigenvalue weighted by molar-refractivity contribution is 0.103. The second-order valence-corrected chi connectivity index (χ2v) is 5.07. The highest BCUT2D eigenvalue weighted by Gasteiger charge is 2.11. The maximum atomic E-state index is 12.0. The van der Waals surface area contributed by atoms with E-state index in [4.69, 9.17) is 5.73 Å². The monoisotopic (exact) mass is 260 g/mol.